The molecule has 10 heavy (non-hydrogen) atoms. The third-order valence-electron chi connectivity index (χ3n) is 1.34. The average molecular weight is 142 g/mol. The van der Waals surface area contributed by atoms with Gasteiger partial charge in [-0.05, 0) is 6.42 Å². The number of hydrogen-bond acceptors (Lipinski definition) is 2. The Morgan fingerprint density at radius 3 is 1.80 bits per heavy atom. The first kappa shape index (κ1) is 9.34. The molecule has 0 rings (SSSR count). The van der Waals surface area contributed by atoms with Crippen LogP contribution in [0.2, 0.25) is 0 Å². The van der Waals surface area contributed by atoms with Crippen LogP contribution in [-0.4, -0.2) is 38.0 Å². The van der Waals surface area contributed by atoms with Crippen molar-refractivity contribution >= 4 is 0 Å². The van der Waals surface area contributed by atoms with E-state index in [4.69, 9.17) is 0 Å². The minimum Gasteiger partial charge on any atom is -0.382 e. The first-order valence-corrected chi connectivity index (χ1v) is 3.62. The maximum absolute atomic E-state index is 2.16. The summed E-state index contributed by atoms with van der Waals surface area (Å²) in [6.07, 6.45) is 3.23. The number of hydrogen-bond donors (Lipinski definition) is 0. The number of nitrogens with zero attached hydrogens (tertiary/aromatic N) is 2. The van der Waals surface area contributed by atoms with Crippen LogP contribution >= 0.6 is 0 Å². The van der Waals surface area contributed by atoms with Crippen LogP contribution < -0.4 is 0 Å². The highest BCUT2D eigenvalue weighted by Gasteiger charge is 1.94. The molecule has 0 bridgehead atoms. The van der Waals surface area contributed by atoms with Crippen molar-refractivity contribution in [1.29, 1.82) is 0 Å². The largest absolute Gasteiger partial charge is 0.382 e. The second-order valence-corrected chi connectivity index (χ2v) is 2.83. The Morgan fingerprint density at radius 2 is 1.70 bits per heavy atom. The van der Waals surface area contributed by atoms with Gasteiger partial charge in [0.15, 0.2) is 0 Å². The molecule has 0 atom stereocenters. The predicted octanol–water partition coefficient (Wildman–Crippen LogP) is 1.36. The van der Waals surface area contributed by atoms with E-state index in [0.29, 0.717) is 0 Å². The van der Waals surface area contributed by atoms with Crippen LogP contribution in [0, 0.1) is 0 Å². The van der Waals surface area contributed by atoms with E-state index in [1.807, 2.05) is 14.1 Å². The van der Waals surface area contributed by atoms with E-state index >= 15 is 0 Å². The molecule has 0 spiro atoms. The van der Waals surface area contributed by atoms with Crippen molar-refractivity contribution in [3.05, 3.63) is 11.9 Å². The van der Waals surface area contributed by atoms with Crippen molar-refractivity contribution in [2.75, 3.05) is 28.2 Å². The summed E-state index contributed by atoms with van der Waals surface area (Å²) in [6, 6.07) is 0. The molecule has 60 valence electrons. The summed E-state index contributed by atoms with van der Waals surface area (Å²) in [5.41, 5.74) is 1.35. The molecule has 0 heterocycles. The molecular weight excluding hydrogens is 124 g/mol. The Kier molecular flexibility index (Phi) is 3.93. The van der Waals surface area contributed by atoms with Gasteiger partial charge in [-0.2, -0.15) is 0 Å². The molecule has 0 aliphatic heterocycles. The summed E-state index contributed by atoms with van der Waals surface area (Å²) in [5, 5.41) is 0. The first-order chi connectivity index (χ1) is 4.57. The molecule has 0 radical (unpaired) electrons. The summed E-state index contributed by atoms with van der Waals surface area (Å²) in [7, 11) is 8.22. The Hall–Kier alpha value is -0.660. The molecule has 0 amide bonds. The number of rotatable bonds is 3. The third kappa shape index (κ3) is 3.38. The van der Waals surface area contributed by atoms with Crippen LogP contribution in [-0.2, 0) is 0 Å². The van der Waals surface area contributed by atoms with E-state index < -0.39 is 0 Å². The van der Waals surface area contributed by atoms with Gasteiger partial charge < -0.3 is 9.80 Å². The molecule has 0 N–H and O–H groups in total. The molecule has 0 fully saturated rings. The molecule has 2 heteroatoms. The fourth-order valence-electron chi connectivity index (χ4n) is 0.821. The minimum atomic E-state index is 1.09. The fourth-order valence-corrected chi connectivity index (χ4v) is 0.821. The van der Waals surface area contributed by atoms with Crippen LogP contribution in [0.25, 0.3) is 0 Å². The predicted molar refractivity (Wildman–Crippen MR) is 45.7 cm³/mol. The number of allylic oxidation sites excluding steroid dienone is 1. The van der Waals surface area contributed by atoms with E-state index in [-0.39, 0.29) is 0 Å². The normalized spacial score (nSPS) is 11.5. The molecule has 0 saturated carbocycles. The van der Waals surface area contributed by atoms with E-state index in [0.717, 1.165) is 6.42 Å². The molecule has 0 aliphatic carbocycles. The van der Waals surface area contributed by atoms with Crippen molar-refractivity contribution in [2.24, 2.45) is 0 Å². The monoisotopic (exact) mass is 142 g/mol. The van der Waals surface area contributed by atoms with Crippen LogP contribution in [0.15, 0.2) is 11.9 Å². The van der Waals surface area contributed by atoms with Gasteiger partial charge in [0.25, 0.3) is 0 Å². The lowest BCUT2D eigenvalue weighted by atomic mass is 10.3. The molecular formula is C8H18N2. The summed E-state index contributed by atoms with van der Waals surface area (Å²) < 4.78 is 0. The second kappa shape index (κ2) is 4.20. The van der Waals surface area contributed by atoms with Gasteiger partial charge in [0, 0.05) is 40.1 Å². The molecule has 0 aromatic heterocycles. The molecule has 2 nitrogen and oxygen atoms in total. The highest BCUT2D eigenvalue weighted by atomic mass is 15.1. The quantitative estimate of drug-likeness (QED) is 0.587. The minimum absolute atomic E-state index is 1.09. The van der Waals surface area contributed by atoms with Crippen molar-refractivity contribution in [2.45, 2.75) is 13.3 Å². The Labute approximate surface area is 64.1 Å². The van der Waals surface area contributed by atoms with E-state index in [1.165, 1.54) is 5.70 Å². The molecule has 0 aliphatic rings. The standard InChI is InChI=1S/C8H18N2/c1-6-8(10(4)5)7-9(2)3/h7H,6H2,1-5H3/b8-7-. The maximum Gasteiger partial charge on any atom is 0.0286 e. The Morgan fingerprint density at radius 1 is 1.20 bits per heavy atom. The molecule has 0 saturated heterocycles. The van der Waals surface area contributed by atoms with Crippen molar-refractivity contribution in [3.63, 3.8) is 0 Å². The highest BCUT2D eigenvalue weighted by molar-refractivity contribution is 4.96. The van der Waals surface area contributed by atoms with Crippen LogP contribution in [0.4, 0.5) is 0 Å². The first-order valence-electron chi connectivity index (χ1n) is 3.62. The Bertz CT molecular complexity index is 114. The van der Waals surface area contributed by atoms with Crippen LogP contribution in [0.1, 0.15) is 13.3 Å². The highest BCUT2D eigenvalue weighted by Crippen LogP contribution is 2.03. The van der Waals surface area contributed by atoms with Gasteiger partial charge in [-0.1, -0.05) is 6.92 Å². The summed E-state index contributed by atoms with van der Waals surface area (Å²) in [5.74, 6) is 0. The zero-order chi connectivity index (χ0) is 8.15. The van der Waals surface area contributed by atoms with Gasteiger partial charge >= 0.3 is 0 Å². The van der Waals surface area contributed by atoms with Gasteiger partial charge in [-0.15, -0.1) is 0 Å². The SMILES string of the molecule is CC/C(=C/N(C)C)N(C)C. The van der Waals surface area contributed by atoms with Crippen LogP contribution in [0.5, 0.6) is 0 Å². The maximum atomic E-state index is 2.16. The zero-order valence-corrected chi connectivity index (χ0v) is 7.68. The summed E-state index contributed by atoms with van der Waals surface area (Å²) in [6.45, 7) is 2.16. The van der Waals surface area contributed by atoms with Crippen molar-refractivity contribution in [3.8, 4) is 0 Å². The van der Waals surface area contributed by atoms with E-state index in [9.17, 15) is 0 Å². The lowest BCUT2D eigenvalue weighted by Crippen LogP contribution is -2.14. The van der Waals surface area contributed by atoms with Gasteiger partial charge in [0.1, 0.15) is 0 Å². The lowest BCUT2D eigenvalue weighted by Gasteiger charge is -2.17. The second-order valence-electron chi connectivity index (χ2n) is 2.83. The summed E-state index contributed by atoms with van der Waals surface area (Å²) >= 11 is 0. The van der Waals surface area contributed by atoms with Gasteiger partial charge in [-0.25, -0.2) is 0 Å². The average Bonchev–Trinajstić information content (AvgIpc) is 1.81. The summed E-state index contributed by atoms with van der Waals surface area (Å²) in [4.78, 5) is 4.21. The molecule has 0 unspecified atom stereocenters. The van der Waals surface area contributed by atoms with Crippen molar-refractivity contribution < 1.29 is 0 Å². The third-order valence-corrected chi connectivity index (χ3v) is 1.34. The lowest BCUT2D eigenvalue weighted by molar-refractivity contribution is 0.458. The van der Waals surface area contributed by atoms with Gasteiger partial charge in [0.2, 0.25) is 0 Å². The topological polar surface area (TPSA) is 6.48 Å². The zero-order valence-electron chi connectivity index (χ0n) is 7.68. The van der Waals surface area contributed by atoms with E-state index in [2.05, 4.69) is 37.0 Å². The van der Waals surface area contributed by atoms with E-state index in [1.54, 1.807) is 0 Å². The molecule has 0 aromatic rings. The smallest absolute Gasteiger partial charge is 0.0286 e. The Balaban J connectivity index is 4.04. The van der Waals surface area contributed by atoms with Gasteiger partial charge in [0.05, 0.1) is 0 Å². The van der Waals surface area contributed by atoms with Crippen molar-refractivity contribution in [1.82, 2.24) is 9.80 Å². The van der Waals surface area contributed by atoms with Crippen LogP contribution in [0.3, 0.4) is 0 Å². The fraction of sp³-hybridized carbons (Fsp3) is 0.750. The molecule has 0 aromatic carbocycles. The van der Waals surface area contributed by atoms with Gasteiger partial charge in [-0.3, -0.25) is 0 Å².